The van der Waals surface area contributed by atoms with Crippen molar-refractivity contribution in [1.82, 2.24) is 25.4 Å². The van der Waals surface area contributed by atoms with Crippen LogP contribution < -0.4 is 10.6 Å². The van der Waals surface area contributed by atoms with Crippen molar-refractivity contribution >= 4 is 5.91 Å². The Bertz CT molecular complexity index is 407. The van der Waals surface area contributed by atoms with E-state index in [4.69, 9.17) is 0 Å². The maximum absolute atomic E-state index is 11.9. The van der Waals surface area contributed by atoms with Gasteiger partial charge in [-0.1, -0.05) is 0 Å². The zero-order chi connectivity index (χ0) is 13.9. The zero-order valence-electron chi connectivity index (χ0n) is 12.0. The van der Waals surface area contributed by atoms with Gasteiger partial charge in [-0.05, 0) is 34.6 Å². The van der Waals surface area contributed by atoms with Crippen LogP contribution in [0, 0.1) is 0 Å². The second-order valence-corrected chi connectivity index (χ2v) is 5.65. The van der Waals surface area contributed by atoms with Crippen LogP contribution in [0.5, 0.6) is 0 Å². The Labute approximate surface area is 108 Å². The van der Waals surface area contributed by atoms with E-state index in [2.05, 4.69) is 20.8 Å². The molecule has 1 amide bonds. The number of rotatable bonds is 4. The van der Waals surface area contributed by atoms with Gasteiger partial charge in [-0.2, -0.15) is 0 Å². The molecule has 1 aromatic heterocycles. The van der Waals surface area contributed by atoms with E-state index in [-0.39, 0.29) is 23.5 Å². The third-order valence-electron chi connectivity index (χ3n) is 2.53. The van der Waals surface area contributed by atoms with Crippen LogP contribution in [0.15, 0.2) is 6.33 Å². The number of carbonyl (C=O) groups excluding carboxylic acids is 1. The summed E-state index contributed by atoms with van der Waals surface area (Å²) >= 11 is 0. The van der Waals surface area contributed by atoms with Gasteiger partial charge in [-0.3, -0.25) is 10.1 Å². The fraction of sp³-hybridized carbons (Fsp3) is 0.750. The van der Waals surface area contributed by atoms with Crippen molar-refractivity contribution in [2.45, 2.75) is 52.2 Å². The largest absolute Gasteiger partial charge is 0.350 e. The summed E-state index contributed by atoms with van der Waals surface area (Å²) in [6, 6.07) is -0.311. The normalized spacial score (nSPS) is 15.2. The topological polar surface area (TPSA) is 71.8 Å². The fourth-order valence-corrected chi connectivity index (χ4v) is 1.69. The van der Waals surface area contributed by atoms with Crippen LogP contribution in [0.3, 0.4) is 0 Å². The van der Waals surface area contributed by atoms with E-state index >= 15 is 0 Å². The molecule has 2 atom stereocenters. The maximum atomic E-state index is 11.9. The Kier molecular flexibility index (Phi) is 4.45. The second-order valence-electron chi connectivity index (χ2n) is 5.65. The van der Waals surface area contributed by atoms with Crippen LogP contribution in [0.1, 0.15) is 46.5 Å². The second kappa shape index (κ2) is 5.48. The first-order chi connectivity index (χ1) is 8.20. The van der Waals surface area contributed by atoms with Gasteiger partial charge in [0.15, 0.2) is 0 Å². The Morgan fingerprint density at radius 3 is 2.44 bits per heavy atom. The van der Waals surface area contributed by atoms with Crippen LogP contribution >= 0.6 is 0 Å². The molecule has 6 heteroatoms. The molecule has 0 aliphatic rings. The van der Waals surface area contributed by atoms with Crippen molar-refractivity contribution in [1.29, 1.82) is 0 Å². The highest BCUT2D eigenvalue weighted by atomic mass is 16.2. The lowest BCUT2D eigenvalue weighted by molar-refractivity contribution is -0.124. The summed E-state index contributed by atoms with van der Waals surface area (Å²) < 4.78 is 1.84. The Hall–Kier alpha value is -1.43. The fourth-order valence-electron chi connectivity index (χ4n) is 1.69. The number of hydrogen-bond acceptors (Lipinski definition) is 4. The summed E-state index contributed by atoms with van der Waals surface area (Å²) in [5.74, 6) is 0.793. The monoisotopic (exact) mass is 253 g/mol. The van der Waals surface area contributed by atoms with Crippen molar-refractivity contribution in [2.75, 3.05) is 0 Å². The van der Waals surface area contributed by atoms with Crippen LogP contribution in [-0.2, 0) is 11.8 Å². The van der Waals surface area contributed by atoms with Crippen molar-refractivity contribution in [2.24, 2.45) is 7.05 Å². The molecule has 102 valence electrons. The minimum Gasteiger partial charge on any atom is -0.350 e. The summed E-state index contributed by atoms with van der Waals surface area (Å²) in [5.41, 5.74) is -0.221. The van der Waals surface area contributed by atoms with Gasteiger partial charge < -0.3 is 9.88 Å². The smallest absolute Gasteiger partial charge is 0.237 e. The lowest BCUT2D eigenvalue weighted by atomic mass is 10.1. The quantitative estimate of drug-likeness (QED) is 0.831. The number of amides is 1. The van der Waals surface area contributed by atoms with Gasteiger partial charge in [0.25, 0.3) is 0 Å². The molecule has 0 bridgehead atoms. The predicted molar refractivity (Wildman–Crippen MR) is 69.9 cm³/mol. The summed E-state index contributed by atoms with van der Waals surface area (Å²) in [6.45, 7) is 9.69. The molecule has 0 aromatic carbocycles. The number of nitrogens with zero attached hydrogens (tertiary/aromatic N) is 3. The van der Waals surface area contributed by atoms with E-state index < -0.39 is 0 Å². The Balaban J connectivity index is 2.57. The number of aromatic nitrogens is 3. The number of hydrogen-bond donors (Lipinski definition) is 2. The molecule has 0 radical (unpaired) electrons. The van der Waals surface area contributed by atoms with Crippen LogP contribution in [0.2, 0.25) is 0 Å². The van der Waals surface area contributed by atoms with Gasteiger partial charge in [0.05, 0.1) is 12.1 Å². The number of aryl methyl sites for hydroxylation is 1. The van der Waals surface area contributed by atoms with E-state index in [0.29, 0.717) is 0 Å². The molecule has 0 saturated carbocycles. The summed E-state index contributed by atoms with van der Waals surface area (Å²) in [5, 5.41) is 14.0. The van der Waals surface area contributed by atoms with Gasteiger partial charge in [0.1, 0.15) is 12.2 Å². The first-order valence-electron chi connectivity index (χ1n) is 6.12. The molecule has 18 heavy (non-hydrogen) atoms. The van der Waals surface area contributed by atoms with Gasteiger partial charge in [0, 0.05) is 12.6 Å². The van der Waals surface area contributed by atoms with Gasteiger partial charge in [0.2, 0.25) is 5.91 Å². The highest BCUT2D eigenvalue weighted by molar-refractivity contribution is 5.81. The highest BCUT2D eigenvalue weighted by Gasteiger charge is 2.22. The van der Waals surface area contributed by atoms with Gasteiger partial charge in [-0.25, -0.2) is 0 Å². The van der Waals surface area contributed by atoms with Crippen LogP contribution in [0.4, 0.5) is 0 Å². The molecule has 2 N–H and O–H groups in total. The molecule has 0 spiro atoms. The molecule has 0 fully saturated rings. The molecular weight excluding hydrogens is 230 g/mol. The Morgan fingerprint density at radius 1 is 1.39 bits per heavy atom. The molecule has 1 heterocycles. The minimum atomic E-state index is -0.282. The van der Waals surface area contributed by atoms with Crippen molar-refractivity contribution in [3.05, 3.63) is 12.2 Å². The molecule has 1 aromatic rings. The average molecular weight is 253 g/mol. The van der Waals surface area contributed by atoms with E-state index in [1.165, 1.54) is 0 Å². The number of nitrogens with one attached hydrogen (secondary N) is 2. The van der Waals surface area contributed by atoms with Crippen LogP contribution in [-0.4, -0.2) is 32.3 Å². The minimum absolute atomic E-state index is 0.0171. The molecule has 6 nitrogen and oxygen atoms in total. The summed E-state index contributed by atoms with van der Waals surface area (Å²) in [7, 11) is 1.88. The summed E-state index contributed by atoms with van der Waals surface area (Å²) in [6.07, 6.45) is 1.65. The lowest BCUT2D eigenvalue weighted by Crippen LogP contribution is -2.50. The van der Waals surface area contributed by atoms with E-state index in [0.717, 1.165) is 5.82 Å². The van der Waals surface area contributed by atoms with E-state index in [1.807, 2.05) is 46.2 Å². The molecule has 0 aliphatic heterocycles. The van der Waals surface area contributed by atoms with Crippen molar-refractivity contribution < 1.29 is 4.79 Å². The first-order valence-corrected chi connectivity index (χ1v) is 6.12. The molecule has 1 rings (SSSR count). The van der Waals surface area contributed by atoms with Crippen molar-refractivity contribution in [3.63, 3.8) is 0 Å². The third-order valence-corrected chi connectivity index (χ3v) is 2.53. The van der Waals surface area contributed by atoms with Gasteiger partial charge in [-0.15, -0.1) is 10.2 Å². The number of carbonyl (C=O) groups is 1. The SMILES string of the molecule is CC(NC(C)c1nncn1C)C(=O)NC(C)(C)C. The lowest BCUT2D eigenvalue weighted by Gasteiger charge is -2.25. The molecule has 0 saturated heterocycles. The first kappa shape index (κ1) is 14.6. The average Bonchev–Trinajstić information content (AvgIpc) is 2.61. The standard InChI is InChI=1S/C12H23N5O/c1-8(10-16-13-7-17(10)6)14-9(2)11(18)15-12(3,4)5/h7-9,14H,1-6H3,(H,15,18). The van der Waals surface area contributed by atoms with E-state index in [1.54, 1.807) is 6.33 Å². The van der Waals surface area contributed by atoms with Gasteiger partial charge >= 0.3 is 0 Å². The zero-order valence-corrected chi connectivity index (χ0v) is 12.0. The van der Waals surface area contributed by atoms with Crippen molar-refractivity contribution in [3.8, 4) is 0 Å². The molecule has 2 unspecified atom stereocenters. The summed E-state index contributed by atoms with van der Waals surface area (Å²) in [4.78, 5) is 11.9. The maximum Gasteiger partial charge on any atom is 0.237 e. The highest BCUT2D eigenvalue weighted by Crippen LogP contribution is 2.08. The molecule has 0 aliphatic carbocycles. The predicted octanol–water partition coefficient (Wildman–Crippen LogP) is 0.769. The third kappa shape index (κ3) is 4.10. The van der Waals surface area contributed by atoms with Crippen LogP contribution in [0.25, 0.3) is 0 Å². The molecular formula is C12H23N5O. The van der Waals surface area contributed by atoms with E-state index in [9.17, 15) is 4.79 Å². The Morgan fingerprint density at radius 2 is 2.00 bits per heavy atom.